The zero-order valence-electron chi connectivity index (χ0n) is 19.8. The van der Waals surface area contributed by atoms with Gasteiger partial charge in [0, 0.05) is 0 Å². The van der Waals surface area contributed by atoms with Crippen LogP contribution in [-0.2, 0) is 14.3 Å². The van der Waals surface area contributed by atoms with Crippen LogP contribution in [0.4, 0.5) is 0 Å². The number of hydrogen-bond donors (Lipinski definition) is 0. The van der Waals surface area contributed by atoms with Gasteiger partial charge in [-0.05, 0) is 48.6 Å². The van der Waals surface area contributed by atoms with Gasteiger partial charge in [0.05, 0.1) is 25.2 Å². The fourth-order valence-corrected chi connectivity index (χ4v) is 4.71. The van der Waals surface area contributed by atoms with Crippen LogP contribution in [0, 0.1) is 5.92 Å². The average molecular weight is 500 g/mol. The first-order chi connectivity index (χ1) is 16.3. The average Bonchev–Trinajstić information content (AvgIpc) is 3.08. The summed E-state index contributed by atoms with van der Waals surface area (Å²) in [5.74, 6) is 0.923. The third-order valence-electron chi connectivity index (χ3n) is 5.15. The summed E-state index contributed by atoms with van der Waals surface area (Å²) in [6.45, 7) is 6.82. The van der Waals surface area contributed by atoms with E-state index in [1.54, 1.807) is 32.2 Å². The lowest BCUT2D eigenvalue weighted by Crippen LogP contribution is -2.38. The van der Waals surface area contributed by atoms with Crippen LogP contribution >= 0.6 is 24.0 Å². The highest BCUT2D eigenvalue weighted by Gasteiger charge is 2.42. The quantitative estimate of drug-likeness (QED) is 0.239. The van der Waals surface area contributed by atoms with E-state index in [2.05, 4.69) is 13.8 Å². The molecule has 180 valence electrons. The number of thioether (sulfide) groups is 1. The van der Waals surface area contributed by atoms with Gasteiger partial charge >= 0.3 is 5.97 Å². The zero-order valence-corrected chi connectivity index (χ0v) is 21.4. The fourth-order valence-electron chi connectivity index (χ4n) is 3.40. The van der Waals surface area contributed by atoms with Crippen LogP contribution in [0.1, 0.15) is 44.4 Å². The second-order valence-corrected chi connectivity index (χ2v) is 9.73. The summed E-state index contributed by atoms with van der Waals surface area (Å²) in [5, 5.41) is 0. The summed E-state index contributed by atoms with van der Waals surface area (Å²) in [5.41, 5.74) is 1.41. The molecular weight excluding hydrogens is 470 g/mol. The van der Waals surface area contributed by atoms with E-state index in [1.807, 2.05) is 36.4 Å². The molecule has 3 rings (SSSR count). The maximum Gasteiger partial charge on any atom is 0.333 e. The van der Waals surface area contributed by atoms with Gasteiger partial charge in [-0.15, -0.1) is 0 Å². The molecule has 1 unspecified atom stereocenters. The lowest BCUT2D eigenvalue weighted by atomic mass is 10.1. The van der Waals surface area contributed by atoms with Crippen molar-refractivity contribution >= 4 is 46.3 Å². The minimum Gasteiger partial charge on any atom is -0.493 e. The number of rotatable bonds is 10. The topological polar surface area (TPSA) is 65.1 Å². The molecule has 8 heteroatoms. The van der Waals surface area contributed by atoms with Crippen LogP contribution < -0.4 is 9.47 Å². The molecule has 0 aromatic heterocycles. The summed E-state index contributed by atoms with van der Waals surface area (Å²) in [6.07, 6.45) is 2.68. The van der Waals surface area contributed by atoms with E-state index in [0.717, 1.165) is 23.7 Å². The van der Waals surface area contributed by atoms with Crippen molar-refractivity contribution in [3.05, 3.63) is 64.6 Å². The Morgan fingerprint density at radius 2 is 1.88 bits per heavy atom. The molecule has 1 atom stereocenters. The number of thiocarbonyl (C=S) groups is 1. The van der Waals surface area contributed by atoms with Gasteiger partial charge in [-0.25, -0.2) is 4.79 Å². The highest BCUT2D eigenvalue weighted by Crippen LogP contribution is 2.39. The first kappa shape index (κ1) is 25.8. The molecule has 0 radical (unpaired) electrons. The van der Waals surface area contributed by atoms with Gasteiger partial charge in [0.1, 0.15) is 4.32 Å². The number of nitrogens with zero attached hydrogens (tertiary/aromatic N) is 1. The van der Waals surface area contributed by atoms with E-state index < -0.39 is 12.0 Å². The monoisotopic (exact) mass is 499 g/mol. The largest absolute Gasteiger partial charge is 0.493 e. The van der Waals surface area contributed by atoms with E-state index in [1.165, 1.54) is 4.90 Å². The molecule has 0 aliphatic carbocycles. The second kappa shape index (κ2) is 12.0. The van der Waals surface area contributed by atoms with Gasteiger partial charge in [0.25, 0.3) is 5.91 Å². The Kier molecular flexibility index (Phi) is 9.12. The van der Waals surface area contributed by atoms with Gasteiger partial charge < -0.3 is 14.2 Å². The van der Waals surface area contributed by atoms with Gasteiger partial charge in [0.15, 0.2) is 17.5 Å². The van der Waals surface area contributed by atoms with Crippen molar-refractivity contribution in [2.75, 3.05) is 20.3 Å². The van der Waals surface area contributed by atoms with Crippen molar-refractivity contribution in [3.63, 3.8) is 0 Å². The van der Waals surface area contributed by atoms with Gasteiger partial charge in [-0.2, -0.15) is 0 Å². The van der Waals surface area contributed by atoms with Gasteiger partial charge in [-0.3, -0.25) is 9.69 Å². The standard InChI is InChI=1S/C26H29NO5S2/c1-5-31-25(29)23(19-9-7-6-8-10-19)27-24(28)22(34-26(27)33)16-18-11-12-20(21(15-18)30-4)32-14-13-17(2)3/h6-12,15-17,23H,5,13-14H2,1-4H3/b22-16+. The third-order valence-corrected chi connectivity index (χ3v) is 6.48. The number of carbonyl (C=O) groups is 2. The predicted octanol–water partition coefficient (Wildman–Crippen LogP) is 5.63. The maximum absolute atomic E-state index is 13.4. The Hall–Kier alpha value is -2.84. The van der Waals surface area contributed by atoms with Gasteiger partial charge in [-0.1, -0.05) is 74.2 Å². The molecule has 2 aromatic rings. The first-order valence-corrected chi connectivity index (χ1v) is 12.4. The number of hydrogen-bond acceptors (Lipinski definition) is 7. The number of methoxy groups -OCH3 is 1. The lowest BCUT2D eigenvalue weighted by molar-refractivity contribution is -0.151. The first-order valence-electron chi connectivity index (χ1n) is 11.1. The maximum atomic E-state index is 13.4. The van der Waals surface area contributed by atoms with Crippen LogP contribution in [0.3, 0.4) is 0 Å². The molecule has 1 saturated heterocycles. The smallest absolute Gasteiger partial charge is 0.333 e. The van der Waals surface area contributed by atoms with Crippen molar-refractivity contribution in [2.45, 2.75) is 33.2 Å². The molecule has 6 nitrogen and oxygen atoms in total. The Morgan fingerprint density at radius 1 is 1.15 bits per heavy atom. The molecule has 0 bridgehead atoms. The Morgan fingerprint density at radius 3 is 2.53 bits per heavy atom. The minimum atomic E-state index is -0.939. The number of carbonyl (C=O) groups excluding carboxylic acids is 2. The fraction of sp³-hybridized carbons (Fsp3) is 0.346. The summed E-state index contributed by atoms with van der Waals surface area (Å²) in [7, 11) is 1.58. The highest BCUT2D eigenvalue weighted by molar-refractivity contribution is 8.26. The van der Waals surface area contributed by atoms with Crippen LogP contribution in [0.5, 0.6) is 11.5 Å². The van der Waals surface area contributed by atoms with E-state index in [4.69, 9.17) is 26.4 Å². The third kappa shape index (κ3) is 6.18. The second-order valence-electron chi connectivity index (χ2n) is 8.06. The Labute approximate surface area is 210 Å². The number of esters is 1. The number of amides is 1. The van der Waals surface area contributed by atoms with Crippen molar-refractivity contribution in [2.24, 2.45) is 5.92 Å². The van der Waals surface area contributed by atoms with Crippen molar-refractivity contribution in [1.29, 1.82) is 0 Å². The molecule has 1 fully saturated rings. The zero-order chi connectivity index (χ0) is 24.7. The number of benzene rings is 2. The molecular formula is C26H29NO5S2. The van der Waals surface area contributed by atoms with E-state index >= 15 is 0 Å². The van der Waals surface area contributed by atoms with Crippen LogP contribution in [0.15, 0.2) is 53.4 Å². The summed E-state index contributed by atoms with van der Waals surface area (Å²) >= 11 is 6.66. The SMILES string of the molecule is CCOC(=O)C(c1ccccc1)N1C(=O)/C(=C\c2ccc(OCCC(C)C)c(OC)c2)SC1=S. The molecule has 0 N–H and O–H groups in total. The van der Waals surface area contributed by atoms with Crippen LogP contribution in [0.25, 0.3) is 6.08 Å². The molecule has 1 amide bonds. The highest BCUT2D eigenvalue weighted by atomic mass is 32.2. The van der Waals surface area contributed by atoms with Crippen LogP contribution in [0.2, 0.25) is 0 Å². The molecule has 0 spiro atoms. The predicted molar refractivity (Wildman–Crippen MR) is 139 cm³/mol. The van der Waals surface area contributed by atoms with E-state index in [9.17, 15) is 9.59 Å². The van der Waals surface area contributed by atoms with Crippen molar-refractivity contribution in [1.82, 2.24) is 4.90 Å². The van der Waals surface area contributed by atoms with E-state index in [0.29, 0.717) is 38.8 Å². The lowest BCUT2D eigenvalue weighted by Gasteiger charge is -2.25. The van der Waals surface area contributed by atoms with Crippen molar-refractivity contribution in [3.8, 4) is 11.5 Å². The molecule has 2 aromatic carbocycles. The van der Waals surface area contributed by atoms with E-state index in [-0.39, 0.29) is 12.5 Å². The Balaban J connectivity index is 1.86. The van der Waals surface area contributed by atoms with Crippen LogP contribution in [-0.4, -0.2) is 41.4 Å². The summed E-state index contributed by atoms with van der Waals surface area (Å²) in [6, 6.07) is 13.6. The molecule has 1 aliphatic rings. The number of ether oxygens (including phenoxy) is 3. The normalized spacial score (nSPS) is 15.7. The molecule has 34 heavy (non-hydrogen) atoms. The summed E-state index contributed by atoms with van der Waals surface area (Å²) in [4.78, 5) is 27.9. The molecule has 0 saturated carbocycles. The van der Waals surface area contributed by atoms with Gasteiger partial charge in [0.2, 0.25) is 0 Å². The molecule has 1 heterocycles. The minimum absolute atomic E-state index is 0.207. The Bertz CT molecular complexity index is 1070. The van der Waals surface area contributed by atoms with Crippen molar-refractivity contribution < 1.29 is 23.8 Å². The molecule has 1 aliphatic heterocycles. The summed E-state index contributed by atoms with van der Waals surface area (Å²) < 4.78 is 16.9.